The number of ether oxygens (including phenoxy) is 1. The molecule has 0 aliphatic carbocycles. The molecular formula is C14H17NO. The van der Waals surface area contributed by atoms with Gasteiger partial charge in [0.05, 0.1) is 5.60 Å². The summed E-state index contributed by atoms with van der Waals surface area (Å²) in [5, 5.41) is 3.35. The smallest absolute Gasteiger partial charge is 0.108 e. The van der Waals surface area contributed by atoms with Crippen LogP contribution in [0.25, 0.3) is 0 Å². The molecule has 2 heteroatoms. The highest BCUT2D eigenvalue weighted by atomic mass is 16.5. The highest BCUT2D eigenvalue weighted by molar-refractivity contribution is 5.23. The highest BCUT2D eigenvalue weighted by Gasteiger charge is 2.34. The Hall–Kier alpha value is -1.30. The van der Waals surface area contributed by atoms with Gasteiger partial charge in [-0.05, 0) is 31.5 Å². The second kappa shape index (κ2) is 5.16. The van der Waals surface area contributed by atoms with Crippen molar-refractivity contribution in [1.82, 2.24) is 5.32 Å². The minimum Gasteiger partial charge on any atom is -0.358 e. The first kappa shape index (κ1) is 11.2. The van der Waals surface area contributed by atoms with E-state index in [-0.39, 0.29) is 5.60 Å². The van der Waals surface area contributed by atoms with E-state index >= 15 is 0 Å². The van der Waals surface area contributed by atoms with Crippen LogP contribution in [0.1, 0.15) is 18.4 Å². The van der Waals surface area contributed by atoms with E-state index in [2.05, 4.69) is 35.5 Å². The molecule has 1 fully saturated rings. The summed E-state index contributed by atoms with van der Waals surface area (Å²) in [6.07, 6.45) is 7.26. The van der Waals surface area contributed by atoms with Crippen LogP contribution in [-0.2, 0) is 10.3 Å². The molecule has 0 amide bonds. The Morgan fingerprint density at radius 3 is 2.56 bits per heavy atom. The molecule has 2 rings (SSSR count). The summed E-state index contributed by atoms with van der Waals surface area (Å²) >= 11 is 0. The Balaban J connectivity index is 2.23. The van der Waals surface area contributed by atoms with Crippen molar-refractivity contribution in [1.29, 1.82) is 0 Å². The fourth-order valence-electron chi connectivity index (χ4n) is 2.27. The summed E-state index contributed by atoms with van der Waals surface area (Å²) in [4.78, 5) is 0. The molecule has 0 saturated carbocycles. The SMILES string of the molecule is C#CCOC1(c2ccccc2)CCNCC1. The first-order valence-electron chi connectivity index (χ1n) is 5.71. The summed E-state index contributed by atoms with van der Waals surface area (Å²) in [6, 6.07) is 10.4. The van der Waals surface area contributed by atoms with E-state index in [0.717, 1.165) is 25.9 Å². The van der Waals surface area contributed by atoms with E-state index in [1.807, 2.05) is 6.07 Å². The van der Waals surface area contributed by atoms with Gasteiger partial charge in [0.2, 0.25) is 0 Å². The van der Waals surface area contributed by atoms with Gasteiger partial charge in [0.1, 0.15) is 6.61 Å². The lowest BCUT2D eigenvalue weighted by molar-refractivity contribution is -0.0558. The normalized spacial score (nSPS) is 18.9. The Morgan fingerprint density at radius 1 is 1.25 bits per heavy atom. The van der Waals surface area contributed by atoms with Crippen LogP contribution in [0, 0.1) is 12.3 Å². The molecule has 84 valence electrons. The van der Waals surface area contributed by atoms with E-state index in [1.165, 1.54) is 5.56 Å². The molecule has 0 bridgehead atoms. The van der Waals surface area contributed by atoms with Gasteiger partial charge in [-0.3, -0.25) is 0 Å². The van der Waals surface area contributed by atoms with Crippen LogP contribution in [0.4, 0.5) is 0 Å². The Kier molecular flexibility index (Phi) is 3.61. The van der Waals surface area contributed by atoms with Gasteiger partial charge in [0.15, 0.2) is 0 Å². The van der Waals surface area contributed by atoms with Gasteiger partial charge in [-0.1, -0.05) is 36.3 Å². The van der Waals surface area contributed by atoms with E-state index < -0.39 is 0 Å². The van der Waals surface area contributed by atoms with Gasteiger partial charge < -0.3 is 10.1 Å². The van der Waals surface area contributed by atoms with E-state index in [1.54, 1.807) is 0 Å². The minimum absolute atomic E-state index is 0.182. The molecule has 1 saturated heterocycles. The maximum absolute atomic E-state index is 5.93. The quantitative estimate of drug-likeness (QED) is 0.778. The molecule has 0 atom stereocenters. The molecule has 0 spiro atoms. The predicted octanol–water partition coefficient (Wildman–Crippen LogP) is 1.92. The van der Waals surface area contributed by atoms with Crippen molar-refractivity contribution in [3.63, 3.8) is 0 Å². The second-order valence-corrected chi connectivity index (χ2v) is 4.10. The number of piperidine rings is 1. The summed E-state index contributed by atoms with van der Waals surface area (Å²) in [5.41, 5.74) is 1.06. The summed E-state index contributed by atoms with van der Waals surface area (Å²) in [5.74, 6) is 2.57. The van der Waals surface area contributed by atoms with Crippen molar-refractivity contribution in [2.24, 2.45) is 0 Å². The van der Waals surface area contributed by atoms with Gasteiger partial charge in [-0.15, -0.1) is 6.42 Å². The van der Waals surface area contributed by atoms with E-state index in [0.29, 0.717) is 6.61 Å². The summed E-state index contributed by atoms with van der Waals surface area (Å²) < 4.78 is 5.93. The lowest BCUT2D eigenvalue weighted by atomic mass is 9.85. The monoisotopic (exact) mass is 215 g/mol. The van der Waals surface area contributed by atoms with Crippen molar-refractivity contribution >= 4 is 0 Å². The summed E-state index contributed by atoms with van der Waals surface area (Å²) in [6.45, 7) is 2.35. The molecule has 1 aromatic carbocycles. The van der Waals surface area contributed by atoms with E-state index in [4.69, 9.17) is 11.2 Å². The number of terminal acetylenes is 1. The molecule has 2 nitrogen and oxygen atoms in total. The zero-order chi connectivity index (χ0) is 11.3. The minimum atomic E-state index is -0.182. The summed E-state index contributed by atoms with van der Waals surface area (Å²) in [7, 11) is 0. The lowest BCUT2D eigenvalue weighted by Gasteiger charge is -2.37. The van der Waals surface area contributed by atoms with Gasteiger partial charge >= 0.3 is 0 Å². The van der Waals surface area contributed by atoms with Crippen LogP contribution in [0.15, 0.2) is 30.3 Å². The average Bonchev–Trinajstić information content (AvgIpc) is 2.38. The molecule has 1 aromatic rings. The van der Waals surface area contributed by atoms with E-state index in [9.17, 15) is 0 Å². The standard InChI is InChI=1S/C14H17NO/c1-2-12-16-14(8-10-15-11-9-14)13-6-4-3-5-7-13/h1,3-7,15H,8-12H2. The van der Waals surface area contributed by atoms with Gasteiger partial charge in [0.25, 0.3) is 0 Å². The number of rotatable bonds is 3. The molecular weight excluding hydrogens is 198 g/mol. The van der Waals surface area contributed by atoms with Crippen molar-refractivity contribution in [2.45, 2.75) is 18.4 Å². The predicted molar refractivity (Wildman–Crippen MR) is 65.0 cm³/mol. The molecule has 1 aliphatic heterocycles. The van der Waals surface area contributed by atoms with Crippen LogP contribution < -0.4 is 5.32 Å². The Bertz CT molecular complexity index is 360. The molecule has 0 radical (unpaired) electrons. The van der Waals surface area contributed by atoms with Crippen molar-refractivity contribution in [3.8, 4) is 12.3 Å². The number of hydrogen-bond acceptors (Lipinski definition) is 2. The molecule has 1 N–H and O–H groups in total. The topological polar surface area (TPSA) is 21.3 Å². The first-order chi connectivity index (χ1) is 7.87. The van der Waals surface area contributed by atoms with Crippen molar-refractivity contribution in [3.05, 3.63) is 35.9 Å². The van der Waals surface area contributed by atoms with Crippen LogP contribution in [0.3, 0.4) is 0 Å². The highest BCUT2D eigenvalue weighted by Crippen LogP contribution is 2.34. The number of nitrogens with one attached hydrogen (secondary N) is 1. The Morgan fingerprint density at radius 2 is 1.94 bits per heavy atom. The molecule has 0 aromatic heterocycles. The maximum atomic E-state index is 5.93. The Labute approximate surface area is 97.0 Å². The first-order valence-corrected chi connectivity index (χ1v) is 5.71. The molecule has 1 aliphatic rings. The number of hydrogen-bond donors (Lipinski definition) is 1. The zero-order valence-electron chi connectivity index (χ0n) is 9.41. The number of benzene rings is 1. The fraction of sp³-hybridized carbons (Fsp3) is 0.429. The fourth-order valence-corrected chi connectivity index (χ4v) is 2.27. The largest absolute Gasteiger partial charge is 0.358 e. The lowest BCUT2D eigenvalue weighted by Crippen LogP contribution is -2.42. The third-order valence-electron chi connectivity index (χ3n) is 3.14. The molecule has 16 heavy (non-hydrogen) atoms. The van der Waals surface area contributed by atoms with Gasteiger partial charge in [-0.2, -0.15) is 0 Å². The van der Waals surface area contributed by atoms with Crippen LogP contribution >= 0.6 is 0 Å². The second-order valence-electron chi connectivity index (χ2n) is 4.10. The third kappa shape index (κ3) is 2.27. The van der Waals surface area contributed by atoms with Crippen molar-refractivity contribution in [2.75, 3.05) is 19.7 Å². The zero-order valence-corrected chi connectivity index (χ0v) is 9.41. The van der Waals surface area contributed by atoms with Crippen LogP contribution in [-0.4, -0.2) is 19.7 Å². The van der Waals surface area contributed by atoms with Crippen LogP contribution in [0.2, 0.25) is 0 Å². The maximum Gasteiger partial charge on any atom is 0.108 e. The van der Waals surface area contributed by atoms with Gasteiger partial charge in [0, 0.05) is 0 Å². The third-order valence-corrected chi connectivity index (χ3v) is 3.14. The van der Waals surface area contributed by atoms with Gasteiger partial charge in [-0.25, -0.2) is 0 Å². The molecule has 0 unspecified atom stereocenters. The van der Waals surface area contributed by atoms with Crippen molar-refractivity contribution < 1.29 is 4.74 Å². The molecule has 1 heterocycles. The van der Waals surface area contributed by atoms with Crippen LogP contribution in [0.5, 0.6) is 0 Å². The average molecular weight is 215 g/mol.